The van der Waals surface area contributed by atoms with Crippen molar-refractivity contribution in [3.05, 3.63) is 54.6 Å². The number of ether oxygens (including phenoxy) is 1. The van der Waals surface area contributed by atoms with Gasteiger partial charge in [0, 0.05) is 24.6 Å². The quantitative estimate of drug-likeness (QED) is 0.232. The zero-order valence-corrected chi connectivity index (χ0v) is 30.2. The number of allylic oxidation sites excluding steroid dienone is 1. The molecule has 0 bridgehead atoms. The number of benzene rings is 1. The third-order valence-corrected chi connectivity index (χ3v) is 12.3. The van der Waals surface area contributed by atoms with Crippen molar-refractivity contribution in [2.24, 2.45) is 5.92 Å². The summed E-state index contributed by atoms with van der Waals surface area (Å²) in [5.41, 5.74) is -0.840. The number of furan rings is 2. The maximum atomic E-state index is 14.4. The predicted molar refractivity (Wildman–Crippen MR) is 190 cm³/mol. The number of nitrogens with zero attached hydrogens (tertiary/aromatic N) is 3. The highest BCUT2D eigenvalue weighted by atomic mass is 32.2. The molecule has 0 radical (unpaired) electrons. The normalized spacial score (nSPS) is 27.0. The lowest BCUT2D eigenvalue weighted by molar-refractivity contribution is -0.142. The number of hydrogen-bond donors (Lipinski definition) is 3. The lowest BCUT2D eigenvalue weighted by Gasteiger charge is -2.29. The van der Waals surface area contributed by atoms with E-state index in [1.165, 1.54) is 36.3 Å². The first kappa shape index (κ1) is 35.7. The van der Waals surface area contributed by atoms with Crippen molar-refractivity contribution in [3.8, 4) is 17.5 Å². The Hall–Kier alpha value is -5.32. The first-order valence-electron chi connectivity index (χ1n) is 18.1. The number of rotatable bonds is 7. The largest absolute Gasteiger partial charge is 0.470 e. The van der Waals surface area contributed by atoms with Gasteiger partial charge in [-0.1, -0.05) is 25.0 Å². The maximum Gasteiger partial charge on any atom is 0.262 e. The first-order chi connectivity index (χ1) is 25.9. The van der Waals surface area contributed by atoms with E-state index in [-0.39, 0.29) is 42.2 Å². The lowest BCUT2D eigenvalue weighted by Crippen LogP contribution is -2.58. The average Bonchev–Trinajstić information content (AvgIpc) is 3.93. The summed E-state index contributed by atoms with van der Waals surface area (Å²) in [6, 6.07) is 5.18. The molecule has 0 unspecified atom stereocenters. The molecule has 2 aliphatic heterocycles. The third-order valence-electron chi connectivity index (χ3n) is 10.5. The van der Waals surface area contributed by atoms with Crippen LogP contribution in [0.25, 0.3) is 33.7 Å². The predicted octanol–water partition coefficient (Wildman–Crippen LogP) is 3.63. The van der Waals surface area contributed by atoms with Gasteiger partial charge in [-0.25, -0.2) is 17.8 Å². The van der Waals surface area contributed by atoms with Crippen LogP contribution in [0, 0.1) is 11.7 Å². The summed E-state index contributed by atoms with van der Waals surface area (Å²) in [6.45, 7) is 1.21. The Kier molecular flexibility index (Phi) is 9.14. The molecule has 3 fully saturated rings. The Morgan fingerprint density at radius 1 is 1.11 bits per heavy atom. The van der Waals surface area contributed by atoms with Crippen LogP contribution in [0.4, 0.5) is 4.39 Å². The van der Waals surface area contributed by atoms with Crippen LogP contribution in [0.15, 0.2) is 57.6 Å². The van der Waals surface area contributed by atoms with E-state index in [9.17, 15) is 32.0 Å². The molecule has 17 heteroatoms. The SMILES string of the molecule is CC(=O)N[C@H]1CCCCC/C=C\[C@@H]2C[C@@]2(C(=O)NS(=O)(=O)C2CC2)NC(=O)[C@@H]2C[C@@H](Oc3nc(-c4ccco4)nc4c3oc3ccc(F)cc34)CN2C1=O. The fraction of sp³-hybridized carbons (Fsp3) is 0.459. The van der Waals surface area contributed by atoms with E-state index in [0.29, 0.717) is 48.8 Å². The summed E-state index contributed by atoms with van der Waals surface area (Å²) in [5, 5.41) is 5.30. The minimum absolute atomic E-state index is 0.0319. The Morgan fingerprint density at radius 3 is 2.70 bits per heavy atom. The second kappa shape index (κ2) is 13.8. The zero-order chi connectivity index (χ0) is 37.8. The molecular weight excluding hydrogens is 724 g/mol. The third kappa shape index (κ3) is 6.92. The van der Waals surface area contributed by atoms with Gasteiger partial charge < -0.3 is 29.1 Å². The van der Waals surface area contributed by atoms with Gasteiger partial charge in [0.2, 0.25) is 33.3 Å². The Morgan fingerprint density at radius 2 is 1.94 bits per heavy atom. The molecule has 4 amide bonds. The van der Waals surface area contributed by atoms with Gasteiger partial charge in [-0.15, -0.1) is 0 Å². The van der Waals surface area contributed by atoms with Crippen LogP contribution >= 0.6 is 0 Å². The van der Waals surface area contributed by atoms with E-state index in [2.05, 4.69) is 25.3 Å². The van der Waals surface area contributed by atoms with Crippen molar-refractivity contribution in [1.29, 1.82) is 0 Å². The summed E-state index contributed by atoms with van der Waals surface area (Å²) >= 11 is 0. The highest BCUT2D eigenvalue weighted by Crippen LogP contribution is 2.46. The van der Waals surface area contributed by atoms with Crippen LogP contribution in [0.1, 0.15) is 64.7 Å². The van der Waals surface area contributed by atoms with E-state index in [1.807, 2.05) is 12.2 Å². The summed E-state index contributed by atoms with van der Waals surface area (Å²) in [7, 11) is -3.92. The van der Waals surface area contributed by atoms with Crippen LogP contribution in [0.2, 0.25) is 0 Å². The Labute approximate surface area is 309 Å². The molecule has 1 saturated heterocycles. The number of fused-ring (bicyclic) bond motifs is 5. The zero-order valence-electron chi connectivity index (χ0n) is 29.4. The molecule has 15 nitrogen and oxygen atoms in total. The summed E-state index contributed by atoms with van der Waals surface area (Å²) in [6.07, 6.45) is 8.58. The molecule has 8 rings (SSSR count). The minimum Gasteiger partial charge on any atom is -0.470 e. The Bertz CT molecular complexity index is 2290. The fourth-order valence-electron chi connectivity index (χ4n) is 7.44. The highest BCUT2D eigenvalue weighted by Gasteiger charge is 2.62. The van der Waals surface area contributed by atoms with Gasteiger partial charge >= 0.3 is 0 Å². The Balaban J connectivity index is 1.14. The van der Waals surface area contributed by atoms with E-state index < -0.39 is 74.4 Å². The van der Waals surface area contributed by atoms with Gasteiger partial charge in [-0.3, -0.25) is 23.9 Å². The number of nitrogens with one attached hydrogen (secondary N) is 3. The number of aromatic nitrogens is 2. The van der Waals surface area contributed by atoms with Gasteiger partial charge in [0.1, 0.15) is 40.6 Å². The van der Waals surface area contributed by atoms with Crippen molar-refractivity contribution < 1.29 is 45.6 Å². The topological polar surface area (TPSA) is 203 Å². The highest BCUT2D eigenvalue weighted by molar-refractivity contribution is 7.91. The second-order valence-corrected chi connectivity index (χ2v) is 16.5. The van der Waals surface area contributed by atoms with Crippen molar-refractivity contribution >= 4 is 55.7 Å². The second-order valence-electron chi connectivity index (χ2n) is 14.5. The molecule has 1 aromatic carbocycles. The van der Waals surface area contributed by atoms with Crippen molar-refractivity contribution in [2.45, 2.75) is 93.7 Å². The van der Waals surface area contributed by atoms with Crippen molar-refractivity contribution in [1.82, 2.24) is 30.2 Å². The molecule has 284 valence electrons. The van der Waals surface area contributed by atoms with E-state index in [1.54, 1.807) is 12.1 Å². The minimum atomic E-state index is -3.92. The molecule has 4 aliphatic rings. The van der Waals surface area contributed by atoms with E-state index in [4.69, 9.17) is 13.6 Å². The fourth-order valence-corrected chi connectivity index (χ4v) is 8.80. The van der Waals surface area contributed by atoms with E-state index >= 15 is 0 Å². The van der Waals surface area contributed by atoms with Crippen molar-refractivity contribution in [3.63, 3.8) is 0 Å². The molecule has 5 heterocycles. The molecule has 2 saturated carbocycles. The standard InChI is InChI=1S/C37H39FN6O9S/c1-20(45)39-26-9-6-4-2-3-5-8-21-18-37(21,36(48)43-54(49,50)24-12-13-24)42-33(46)27-17-23(19-44(27)35(26)47)52-34-31-30(25-16-22(38)11-14-28(25)53-31)40-32(41-34)29-10-7-15-51-29/h5,7-8,10-11,14-16,21,23-24,26-27H,2-4,6,9,12-13,17-19H2,1H3,(H,39,45)(H,42,46)(H,43,48)/b8-5-/t21-,23-,26+,27+,37-/m1/s1. The molecule has 0 spiro atoms. The number of hydrogen-bond acceptors (Lipinski definition) is 11. The smallest absolute Gasteiger partial charge is 0.262 e. The molecule has 3 aromatic heterocycles. The molecule has 2 aliphatic carbocycles. The van der Waals surface area contributed by atoms with Crippen LogP contribution in [0.5, 0.6) is 5.88 Å². The van der Waals surface area contributed by atoms with Gasteiger partial charge in [0.15, 0.2) is 11.6 Å². The number of halogens is 1. The van der Waals surface area contributed by atoms with Crippen LogP contribution in [-0.4, -0.2) is 82.4 Å². The van der Waals surface area contributed by atoms with Gasteiger partial charge in [-0.2, -0.15) is 4.98 Å². The van der Waals surface area contributed by atoms with Gasteiger partial charge in [-0.05, 0) is 68.9 Å². The van der Waals surface area contributed by atoms with Gasteiger partial charge in [0.25, 0.3) is 11.8 Å². The molecule has 5 atom stereocenters. The molecule has 54 heavy (non-hydrogen) atoms. The maximum absolute atomic E-state index is 14.4. The summed E-state index contributed by atoms with van der Waals surface area (Å²) < 4.78 is 60.2. The van der Waals surface area contributed by atoms with Crippen LogP contribution in [-0.2, 0) is 29.2 Å². The molecule has 4 aromatic rings. The molecule has 3 N–H and O–H groups in total. The summed E-state index contributed by atoms with van der Waals surface area (Å²) in [5.74, 6) is -2.98. The lowest BCUT2D eigenvalue weighted by atomic mass is 10.0. The number of carbonyl (C=O) groups excluding carboxylic acids is 4. The van der Waals surface area contributed by atoms with Crippen LogP contribution < -0.4 is 20.1 Å². The number of carbonyl (C=O) groups is 4. The molecular formula is C37H39FN6O9S. The summed E-state index contributed by atoms with van der Waals surface area (Å²) in [4.78, 5) is 65.1. The average molecular weight is 763 g/mol. The van der Waals surface area contributed by atoms with Crippen molar-refractivity contribution in [2.75, 3.05) is 6.54 Å². The number of amides is 4. The van der Waals surface area contributed by atoms with E-state index in [0.717, 1.165) is 12.8 Å². The first-order valence-corrected chi connectivity index (χ1v) is 19.7. The monoisotopic (exact) mass is 762 g/mol. The van der Waals surface area contributed by atoms with Crippen LogP contribution in [0.3, 0.4) is 0 Å². The number of sulfonamides is 1. The van der Waals surface area contributed by atoms with Gasteiger partial charge in [0.05, 0.1) is 18.1 Å².